The molecule has 0 aliphatic heterocycles. The van der Waals surface area contributed by atoms with Crippen LogP contribution in [0.3, 0.4) is 0 Å². The monoisotopic (exact) mass is 493 g/mol. The minimum atomic E-state index is -0.197. The molecule has 0 bridgehead atoms. The minimum absolute atomic E-state index is 0.106. The summed E-state index contributed by atoms with van der Waals surface area (Å²) < 4.78 is 3.22. The molecule has 5 aromatic rings. The van der Waals surface area contributed by atoms with Gasteiger partial charge in [-0.05, 0) is 30.5 Å². The number of nitrogens with one attached hydrogen (secondary N) is 1. The first-order valence-electron chi connectivity index (χ1n) is 10.1. The van der Waals surface area contributed by atoms with E-state index in [0.717, 1.165) is 21.8 Å². The molecule has 0 aliphatic carbocycles. The van der Waals surface area contributed by atoms with Crippen LogP contribution in [0.25, 0.3) is 26.3 Å². The number of hydrogen-bond acceptors (Lipinski definition) is 7. The van der Waals surface area contributed by atoms with Gasteiger partial charge in [-0.1, -0.05) is 36.0 Å². The Balaban J connectivity index is 1.35. The zero-order valence-corrected chi connectivity index (χ0v) is 20.3. The van der Waals surface area contributed by atoms with Crippen molar-refractivity contribution in [3.8, 4) is 16.1 Å². The molecule has 5 rings (SSSR count). The van der Waals surface area contributed by atoms with E-state index in [1.807, 2.05) is 66.2 Å². The molecule has 1 aromatic carbocycles. The molecule has 0 aliphatic rings. The second-order valence-electron chi connectivity index (χ2n) is 7.32. The van der Waals surface area contributed by atoms with Gasteiger partial charge in [0.1, 0.15) is 10.6 Å². The van der Waals surface area contributed by atoms with E-state index in [-0.39, 0.29) is 17.2 Å². The van der Waals surface area contributed by atoms with E-state index < -0.39 is 0 Å². The maximum absolute atomic E-state index is 13.1. The number of amides is 1. The molecule has 4 aromatic heterocycles. The average molecular weight is 494 g/mol. The zero-order chi connectivity index (χ0) is 22.9. The van der Waals surface area contributed by atoms with E-state index in [0.29, 0.717) is 21.2 Å². The Labute approximate surface area is 201 Å². The molecule has 1 amide bonds. The highest BCUT2D eigenvalue weighted by Gasteiger charge is 2.17. The second kappa shape index (κ2) is 8.97. The molecule has 7 nitrogen and oxygen atoms in total. The van der Waals surface area contributed by atoms with Crippen LogP contribution >= 0.6 is 34.4 Å². The number of rotatable bonds is 6. The Morgan fingerprint density at radius 1 is 1.15 bits per heavy atom. The van der Waals surface area contributed by atoms with E-state index in [1.54, 1.807) is 23.1 Å². The first-order chi connectivity index (χ1) is 16.0. The highest BCUT2D eigenvalue weighted by atomic mass is 32.2. The van der Waals surface area contributed by atoms with E-state index >= 15 is 0 Å². The van der Waals surface area contributed by atoms with Gasteiger partial charge in [0.2, 0.25) is 5.91 Å². The maximum atomic E-state index is 13.1. The summed E-state index contributed by atoms with van der Waals surface area (Å²) in [5.41, 5.74) is 2.47. The number of thioether (sulfide) groups is 1. The molecule has 10 heteroatoms. The molecule has 4 heterocycles. The smallest absolute Gasteiger partial charge is 0.263 e. The summed E-state index contributed by atoms with van der Waals surface area (Å²) in [6.45, 7) is 1.88. The summed E-state index contributed by atoms with van der Waals surface area (Å²) in [5, 5.41) is 12.5. The summed E-state index contributed by atoms with van der Waals surface area (Å²) in [4.78, 5) is 32.2. The normalized spacial score (nSPS) is 11.2. The number of hydrogen-bond donors (Lipinski definition) is 1. The van der Waals surface area contributed by atoms with Crippen molar-refractivity contribution in [1.82, 2.24) is 19.3 Å². The largest absolute Gasteiger partial charge is 0.310 e. The highest BCUT2D eigenvalue weighted by molar-refractivity contribution is 7.99. The van der Waals surface area contributed by atoms with Crippen LogP contribution in [0, 0.1) is 6.92 Å². The Hall–Kier alpha value is -3.21. The summed E-state index contributed by atoms with van der Waals surface area (Å²) in [5.74, 6) is 0.519. The molecule has 0 saturated heterocycles. The van der Waals surface area contributed by atoms with Crippen LogP contribution in [0.4, 0.5) is 5.82 Å². The standard InChI is InChI=1S/C23H19N5O2S3/c1-14-11-18(28(26-14)15-7-4-3-5-8-15)24-19(29)13-33-23-25-21-20(22(30)27(23)2)16(12-32-21)17-9-6-10-31-17/h3-12H,13H2,1-2H3,(H,24,29). The number of benzene rings is 1. The van der Waals surface area contributed by atoms with Crippen molar-refractivity contribution < 1.29 is 4.79 Å². The third-order valence-corrected chi connectivity index (χ3v) is 7.80. The third kappa shape index (κ3) is 4.24. The van der Waals surface area contributed by atoms with Gasteiger partial charge in [-0.15, -0.1) is 22.7 Å². The number of aromatic nitrogens is 4. The fraction of sp³-hybridized carbons (Fsp3) is 0.130. The number of fused-ring (bicyclic) bond motifs is 1. The average Bonchev–Trinajstić information content (AvgIpc) is 3.55. The van der Waals surface area contributed by atoms with Gasteiger partial charge in [0.15, 0.2) is 5.16 Å². The molecule has 1 N–H and O–H groups in total. The van der Waals surface area contributed by atoms with Crippen LogP contribution in [0.5, 0.6) is 0 Å². The van der Waals surface area contributed by atoms with Gasteiger partial charge >= 0.3 is 0 Å². The second-order valence-corrected chi connectivity index (χ2v) is 10.1. The molecule has 33 heavy (non-hydrogen) atoms. The van der Waals surface area contributed by atoms with Gasteiger partial charge in [-0.25, -0.2) is 9.67 Å². The Morgan fingerprint density at radius 3 is 2.73 bits per heavy atom. The van der Waals surface area contributed by atoms with Crippen molar-refractivity contribution in [3.05, 3.63) is 75.3 Å². The lowest BCUT2D eigenvalue weighted by Crippen LogP contribution is -2.21. The summed E-state index contributed by atoms with van der Waals surface area (Å²) >= 11 is 4.28. The molecule has 0 fully saturated rings. The molecule has 0 unspecified atom stereocenters. The quantitative estimate of drug-likeness (QED) is 0.267. The molecular formula is C23H19N5O2S3. The van der Waals surface area contributed by atoms with Crippen LogP contribution in [0.1, 0.15) is 5.69 Å². The fourth-order valence-electron chi connectivity index (χ4n) is 3.46. The van der Waals surface area contributed by atoms with Gasteiger partial charge < -0.3 is 5.32 Å². The van der Waals surface area contributed by atoms with Crippen LogP contribution in [0.2, 0.25) is 0 Å². The van der Waals surface area contributed by atoms with Gasteiger partial charge in [-0.3, -0.25) is 14.2 Å². The van der Waals surface area contributed by atoms with Crippen LogP contribution in [-0.4, -0.2) is 31.0 Å². The van der Waals surface area contributed by atoms with E-state index in [4.69, 9.17) is 0 Å². The third-order valence-electron chi connectivity index (χ3n) is 4.99. The van der Waals surface area contributed by atoms with E-state index in [2.05, 4.69) is 15.4 Å². The van der Waals surface area contributed by atoms with Crippen molar-refractivity contribution in [2.75, 3.05) is 11.1 Å². The molecule has 166 valence electrons. The van der Waals surface area contributed by atoms with Crippen molar-refractivity contribution in [2.45, 2.75) is 12.1 Å². The number of para-hydroxylation sites is 1. The van der Waals surface area contributed by atoms with Crippen molar-refractivity contribution >= 4 is 56.4 Å². The van der Waals surface area contributed by atoms with Crippen molar-refractivity contribution in [1.29, 1.82) is 0 Å². The number of nitrogens with zero attached hydrogens (tertiary/aromatic N) is 4. The van der Waals surface area contributed by atoms with Crippen molar-refractivity contribution in [3.63, 3.8) is 0 Å². The van der Waals surface area contributed by atoms with Gasteiger partial charge in [0, 0.05) is 28.9 Å². The van der Waals surface area contributed by atoms with Crippen LogP contribution < -0.4 is 10.9 Å². The summed E-state index contributed by atoms with van der Waals surface area (Å²) in [7, 11) is 1.69. The molecular weight excluding hydrogens is 474 g/mol. The SMILES string of the molecule is Cc1cc(NC(=O)CSc2nc3scc(-c4cccs4)c3c(=O)n2C)n(-c2ccccc2)n1. The summed E-state index contributed by atoms with van der Waals surface area (Å²) in [6, 6.07) is 15.4. The summed E-state index contributed by atoms with van der Waals surface area (Å²) in [6.07, 6.45) is 0. The Bertz CT molecular complexity index is 1500. The molecule has 0 atom stereocenters. The lowest BCUT2D eigenvalue weighted by molar-refractivity contribution is -0.113. The first kappa shape index (κ1) is 21.6. The zero-order valence-electron chi connectivity index (χ0n) is 17.8. The number of aryl methyl sites for hydroxylation is 1. The first-order valence-corrected chi connectivity index (χ1v) is 12.8. The van der Waals surface area contributed by atoms with Crippen LogP contribution in [-0.2, 0) is 11.8 Å². The van der Waals surface area contributed by atoms with E-state index in [9.17, 15) is 9.59 Å². The fourth-order valence-corrected chi connectivity index (χ4v) is 6.03. The molecule has 0 spiro atoms. The van der Waals surface area contributed by atoms with Crippen molar-refractivity contribution in [2.24, 2.45) is 7.05 Å². The Morgan fingerprint density at radius 2 is 1.97 bits per heavy atom. The van der Waals surface area contributed by atoms with Gasteiger partial charge in [-0.2, -0.15) is 5.10 Å². The Kier molecular flexibility index (Phi) is 5.88. The maximum Gasteiger partial charge on any atom is 0.263 e. The number of thiophene rings is 2. The predicted molar refractivity (Wildman–Crippen MR) is 136 cm³/mol. The lowest BCUT2D eigenvalue weighted by Gasteiger charge is -2.10. The molecule has 0 saturated carbocycles. The van der Waals surface area contributed by atoms with E-state index in [1.165, 1.54) is 27.7 Å². The lowest BCUT2D eigenvalue weighted by atomic mass is 10.2. The minimum Gasteiger partial charge on any atom is -0.310 e. The van der Waals surface area contributed by atoms with Gasteiger partial charge in [0.05, 0.1) is 22.5 Å². The topological polar surface area (TPSA) is 81.8 Å². The number of anilines is 1. The van der Waals surface area contributed by atoms with Gasteiger partial charge in [0.25, 0.3) is 5.56 Å². The molecule has 0 radical (unpaired) electrons. The predicted octanol–water partition coefficient (Wildman–Crippen LogP) is 4.95. The highest BCUT2D eigenvalue weighted by Crippen LogP contribution is 2.34. The number of carbonyl (C=O) groups is 1. The number of carbonyl (C=O) groups excluding carboxylic acids is 1. The van der Waals surface area contributed by atoms with Crippen LogP contribution in [0.15, 0.2) is 69.2 Å².